The largest absolute Gasteiger partial charge is 0.496 e. The van der Waals surface area contributed by atoms with Gasteiger partial charge in [-0.1, -0.05) is 29.5 Å². The highest BCUT2D eigenvalue weighted by molar-refractivity contribution is 7.13. The predicted molar refractivity (Wildman–Crippen MR) is 97.2 cm³/mol. The summed E-state index contributed by atoms with van der Waals surface area (Å²) in [5.74, 6) is 0.877. The summed E-state index contributed by atoms with van der Waals surface area (Å²) in [7, 11) is 1.68. The van der Waals surface area contributed by atoms with Crippen molar-refractivity contribution in [1.82, 2.24) is 10.2 Å². The lowest BCUT2D eigenvalue weighted by atomic mass is 10.0. The Morgan fingerprint density at radius 2 is 2.25 bits per heavy atom. The number of methoxy groups -OCH3 is 1. The minimum atomic E-state index is -0.330. The van der Waals surface area contributed by atoms with E-state index in [0.717, 1.165) is 36.5 Å². The Labute approximate surface area is 151 Å². The topological polar surface area (TPSA) is 67.6 Å². The molecule has 1 aliphatic heterocycles. The van der Waals surface area contributed by atoms with E-state index in [2.05, 4.69) is 16.3 Å². The highest BCUT2D eigenvalue weighted by Gasteiger charge is 2.26. The van der Waals surface area contributed by atoms with Gasteiger partial charge in [-0.15, -0.1) is 12.4 Å². The molecule has 1 aromatic carbocycles. The molecule has 1 saturated heterocycles. The zero-order valence-corrected chi connectivity index (χ0v) is 14.9. The van der Waals surface area contributed by atoms with Crippen LogP contribution in [0.1, 0.15) is 17.2 Å². The first-order valence-corrected chi connectivity index (χ1v) is 8.36. The van der Waals surface area contributed by atoms with Gasteiger partial charge in [-0.3, -0.25) is 15.0 Å². The lowest BCUT2D eigenvalue weighted by Gasteiger charge is -2.36. The molecular weight excluding hydrogens is 350 g/mol. The molecule has 0 radical (unpaired) electrons. The van der Waals surface area contributed by atoms with E-state index in [1.807, 2.05) is 23.6 Å². The quantitative estimate of drug-likeness (QED) is 0.647. The summed E-state index contributed by atoms with van der Waals surface area (Å²) < 4.78 is 5.49. The van der Waals surface area contributed by atoms with E-state index in [0.29, 0.717) is 6.54 Å². The van der Waals surface area contributed by atoms with Crippen LogP contribution in [0.15, 0.2) is 35.7 Å². The maximum Gasteiger partial charge on any atom is 0.324 e. The van der Waals surface area contributed by atoms with Crippen LogP contribution in [0, 0.1) is 10.1 Å². The van der Waals surface area contributed by atoms with Crippen molar-refractivity contribution < 1.29 is 9.66 Å². The number of benzene rings is 1. The highest BCUT2D eigenvalue weighted by atomic mass is 35.5. The molecule has 1 unspecified atom stereocenters. The number of nitrogens with one attached hydrogen (secondary N) is 1. The normalized spacial score (nSPS) is 18.0. The molecule has 24 heavy (non-hydrogen) atoms. The third kappa shape index (κ3) is 4.05. The van der Waals surface area contributed by atoms with Gasteiger partial charge in [-0.2, -0.15) is 0 Å². The molecule has 6 nitrogen and oxygen atoms in total. The number of piperazine rings is 1. The van der Waals surface area contributed by atoms with Crippen LogP contribution >= 0.6 is 23.7 Å². The second kappa shape index (κ2) is 8.43. The zero-order valence-electron chi connectivity index (χ0n) is 13.3. The summed E-state index contributed by atoms with van der Waals surface area (Å²) in [6, 6.07) is 9.90. The van der Waals surface area contributed by atoms with E-state index < -0.39 is 0 Å². The molecule has 1 N–H and O–H groups in total. The van der Waals surface area contributed by atoms with E-state index in [1.165, 1.54) is 11.3 Å². The number of nitrogens with zero attached hydrogens (tertiary/aromatic N) is 2. The predicted octanol–water partition coefficient (Wildman–Crippen LogP) is 3.23. The number of nitro groups is 1. The van der Waals surface area contributed by atoms with Crippen molar-refractivity contribution in [1.29, 1.82) is 0 Å². The van der Waals surface area contributed by atoms with Gasteiger partial charge in [-0.25, -0.2) is 0 Å². The summed E-state index contributed by atoms with van der Waals surface area (Å²) >= 11 is 1.18. The fourth-order valence-corrected chi connectivity index (χ4v) is 3.68. The molecule has 0 spiro atoms. The zero-order chi connectivity index (χ0) is 16.2. The maximum atomic E-state index is 10.9. The van der Waals surface area contributed by atoms with Gasteiger partial charge in [0, 0.05) is 43.2 Å². The molecule has 0 saturated carbocycles. The highest BCUT2D eigenvalue weighted by Crippen LogP contribution is 2.32. The number of halogens is 1. The molecular formula is C16H20ClN3O3S. The van der Waals surface area contributed by atoms with Crippen molar-refractivity contribution in [3.63, 3.8) is 0 Å². The Morgan fingerprint density at radius 3 is 2.96 bits per heavy atom. The molecule has 130 valence electrons. The Kier molecular flexibility index (Phi) is 6.56. The van der Waals surface area contributed by atoms with Gasteiger partial charge in [0.1, 0.15) is 5.75 Å². The summed E-state index contributed by atoms with van der Waals surface area (Å²) in [5.41, 5.74) is 2.13. The van der Waals surface area contributed by atoms with Gasteiger partial charge in [0.15, 0.2) is 0 Å². The Morgan fingerprint density at radius 1 is 1.46 bits per heavy atom. The standard InChI is InChI=1S/C16H19N3O3S.ClH/c1-22-15-5-3-2-4-13(15)14-9-17-6-7-18(14)10-12-8-16(19(20)21)23-11-12;/h2-5,8,11,14,17H,6-7,9-10H2,1H3;1H. The first-order valence-electron chi connectivity index (χ1n) is 7.48. The molecule has 2 heterocycles. The Hall–Kier alpha value is -1.67. The number of thiophene rings is 1. The maximum absolute atomic E-state index is 10.9. The van der Waals surface area contributed by atoms with Gasteiger partial charge in [0.05, 0.1) is 18.1 Å². The summed E-state index contributed by atoms with van der Waals surface area (Å²) in [6.07, 6.45) is 0. The smallest absolute Gasteiger partial charge is 0.324 e. The van der Waals surface area contributed by atoms with Crippen LogP contribution in [0.5, 0.6) is 5.75 Å². The molecule has 3 rings (SSSR count). The van der Waals surface area contributed by atoms with Crippen LogP contribution in [0.25, 0.3) is 0 Å². The van der Waals surface area contributed by atoms with E-state index >= 15 is 0 Å². The van der Waals surface area contributed by atoms with Crippen LogP contribution in [0.3, 0.4) is 0 Å². The second-order valence-corrected chi connectivity index (χ2v) is 6.37. The minimum absolute atomic E-state index is 0. The molecule has 0 aliphatic carbocycles. The molecule has 0 amide bonds. The van der Waals surface area contributed by atoms with Crippen LogP contribution in [-0.2, 0) is 6.54 Å². The van der Waals surface area contributed by atoms with E-state index in [-0.39, 0.29) is 28.4 Å². The molecule has 1 fully saturated rings. The van der Waals surface area contributed by atoms with E-state index in [1.54, 1.807) is 13.2 Å². The molecule has 1 aliphatic rings. The first-order chi connectivity index (χ1) is 11.2. The number of hydrogen-bond donors (Lipinski definition) is 1. The monoisotopic (exact) mass is 369 g/mol. The van der Waals surface area contributed by atoms with Crippen LogP contribution in [0.4, 0.5) is 5.00 Å². The number of rotatable bonds is 5. The lowest BCUT2D eigenvalue weighted by molar-refractivity contribution is -0.380. The summed E-state index contributed by atoms with van der Waals surface area (Å²) in [5, 5.41) is 16.3. The minimum Gasteiger partial charge on any atom is -0.496 e. The molecule has 2 aromatic rings. The third-order valence-corrected chi connectivity index (χ3v) is 4.99. The van der Waals surface area contributed by atoms with Gasteiger partial charge in [-0.05, 0) is 11.6 Å². The molecule has 0 bridgehead atoms. The van der Waals surface area contributed by atoms with E-state index in [4.69, 9.17) is 4.74 Å². The first kappa shape index (κ1) is 18.7. The van der Waals surface area contributed by atoms with Crippen molar-refractivity contribution in [2.45, 2.75) is 12.6 Å². The van der Waals surface area contributed by atoms with Gasteiger partial charge >= 0.3 is 5.00 Å². The van der Waals surface area contributed by atoms with E-state index in [9.17, 15) is 10.1 Å². The number of ether oxygens (including phenoxy) is 1. The van der Waals surface area contributed by atoms with Gasteiger partial charge in [0.2, 0.25) is 0 Å². The van der Waals surface area contributed by atoms with Crippen LogP contribution in [-0.4, -0.2) is 36.6 Å². The van der Waals surface area contributed by atoms with Gasteiger partial charge in [0.25, 0.3) is 0 Å². The fourth-order valence-electron chi connectivity index (χ4n) is 2.96. The van der Waals surface area contributed by atoms with Crippen molar-refractivity contribution in [3.05, 3.63) is 57.0 Å². The SMILES string of the molecule is COc1ccccc1C1CNCCN1Cc1csc([N+](=O)[O-])c1.Cl. The average molecular weight is 370 g/mol. The molecule has 1 atom stereocenters. The summed E-state index contributed by atoms with van der Waals surface area (Å²) in [6.45, 7) is 3.35. The number of para-hydroxylation sites is 1. The lowest BCUT2D eigenvalue weighted by Crippen LogP contribution is -2.45. The van der Waals surface area contributed by atoms with Crippen LogP contribution in [0.2, 0.25) is 0 Å². The second-order valence-electron chi connectivity index (χ2n) is 5.48. The Balaban J connectivity index is 0.00000208. The summed E-state index contributed by atoms with van der Waals surface area (Å²) in [4.78, 5) is 12.9. The molecule has 8 heteroatoms. The van der Waals surface area contributed by atoms with Crippen molar-refractivity contribution in [2.75, 3.05) is 26.7 Å². The Bertz CT molecular complexity index is 695. The van der Waals surface area contributed by atoms with Crippen molar-refractivity contribution in [2.24, 2.45) is 0 Å². The third-order valence-electron chi connectivity index (χ3n) is 4.06. The van der Waals surface area contributed by atoms with Gasteiger partial charge < -0.3 is 10.1 Å². The van der Waals surface area contributed by atoms with Crippen molar-refractivity contribution >= 4 is 28.7 Å². The van der Waals surface area contributed by atoms with Crippen molar-refractivity contribution in [3.8, 4) is 5.75 Å². The fraction of sp³-hybridized carbons (Fsp3) is 0.375. The van der Waals surface area contributed by atoms with Crippen LogP contribution < -0.4 is 10.1 Å². The number of hydrogen-bond acceptors (Lipinski definition) is 6. The molecule has 1 aromatic heterocycles. The average Bonchev–Trinajstić information content (AvgIpc) is 3.04.